The Morgan fingerprint density at radius 2 is 1.83 bits per heavy atom. The van der Waals surface area contributed by atoms with E-state index in [4.69, 9.17) is 4.74 Å². The molecule has 0 radical (unpaired) electrons. The molecule has 0 atom stereocenters. The van der Waals surface area contributed by atoms with E-state index in [1.807, 2.05) is 13.0 Å². The van der Waals surface area contributed by atoms with Gasteiger partial charge in [0.1, 0.15) is 0 Å². The summed E-state index contributed by atoms with van der Waals surface area (Å²) in [5.41, 5.74) is 2.34. The van der Waals surface area contributed by atoms with Crippen molar-refractivity contribution in [3.63, 3.8) is 0 Å². The smallest absolute Gasteiger partial charge is 0.360 e. The number of methoxy groups -OCH3 is 1. The van der Waals surface area contributed by atoms with Gasteiger partial charge in [0.25, 0.3) is 0 Å². The van der Waals surface area contributed by atoms with Crippen molar-refractivity contribution in [3.05, 3.63) is 41.7 Å². The first kappa shape index (κ1) is 16.4. The Morgan fingerprint density at radius 1 is 1.12 bits per heavy atom. The summed E-state index contributed by atoms with van der Waals surface area (Å²) in [4.78, 5) is 16.4. The second kappa shape index (κ2) is 7.44. The minimum atomic E-state index is -0.435. The lowest BCUT2D eigenvalue weighted by molar-refractivity contribution is 0.0593. The van der Waals surface area contributed by atoms with Gasteiger partial charge in [0.05, 0.1) is 19.3 Å². The highest BCUT2D eigenvalue weighted by molar-refractivity contribution is 5.88. The summed E-state index contributed by atoms with van der Waals surface area (Å²) in [5, 5.41) is 7.97. The van der Waals surface area contributed by atoms with E-state index in [1.54, 1.807) is 4.68 Å². The Morgan fingerprint density at radius 3 is 2.50 bits per heavy atom. The fourth-order valence-corrected chi connectivity index (χ4v) is 2.96. The number of nitrogens with zero attached hydrogens (tertiary/aromatic N) is 5. The van der Waals surface area contributed by atoms with Gasteiger partial charge in [-0.25, -0.2) is 9.48 Å². The number of aromatic nitrogens is 3. The normalized spacial score (nSPS) is 15.5. The van der Waals surface area contributed by atoms with E-state index in [1.165, 1.54) is 12.8 Å². The Labute approximate surface area is 141 Å². The third-order valence-electron chi connectivity index (χ3n) is 4.48. The molecule has 1 saturated heterocycles. The number of ether oxygens (including phenoxy) is 1. The molecular formula is C17H23N5O2. The van der Waals surface area contributed by atoms with Crippen molar-refractivity contribution >= 4 is 11.7 Å². The molecule has 0 saturated carbocycles. The molecule has 2 aromatic rings. The van der Waals surface area contributed by atoms with Gasteiger partial charge in [-0.15, -0.1) is 5.10 Å². The topological polar surface area (TPSA) is 63.5 Å². The van der Waals surface area contributed by atoms with Crippen molar-refractivity contribution in [2.75, 3.05) is 44.7 Å². The molecule has 0 N–H and O–H groups in total. The quantitative estimate of drug-likeness (QED) is 0.768. The number of para-hydroxylation sites is 1. The average molecular weight is 329 g/mol. The summed E-state index contributed by atoms with van der Waals surface area (Å²) in [6.07, 6.45) is 0. The minimum absolute atomic E-state index is 0.298. The van der Waals surface area contributed by atoms with Gasteiger partial charge in [0.15, 0.2) is 5.69 Å². The average Bonchev–Trinajstić information content (AvgIpc) is 3.01. The number of benzene rings is 1. The molecule has 1 aliphatic heterocycles. The summed E-state index contributed by atoms with van der Waals surface area (Å²) >= 11 is 0. The van der Waals surface area contributed by atoms with Crippen LogP contribution < -0.4 is 4.90 Å². The van der Waals surface area contributed by atoms with E-state index in [2.05, 4.69) is 44.4 Å². The maximum absolute atomic E-state index is 11.6. The predicted octanol–water partition coefficient (Wildman–Crippen LogP) is 1.20. The second-order valence-electron chi connectivity index (χ2n) is 5.90. The molecule has 7 heteroatoms. The van der Waals surface area contributed by atoms with Crippen molar-refractivity contribution in [1.29, 1.82) is 0 Å². The Kier molecular flexibility index (Phi) is 5.10. The van der Waals surface area contributed by atoms with Crippen LogP contribution in [0.25, 0.3) is 0 Å². The van der Waals surface area contributed by atoms with E-state index in [-0.39, 0.29) is 0 Å². The molecule has 1 fully saturated rings. The number of rotatable bonds is 5. The highest BCUT2D eigenvalue weighted by Gasteiger charge is 2.19. The monoisotopic (exact) mass is 329 g/mol. The van der Waals surface area contributed by atoms with Gasteiger partial charge < -0.3 is 9.64 Å². The van der Waals surface area contributed by atoms with Crippen LogP contribution in [0.1, 0.15) is 16.2 Å². The number of carbonyl (C=O) groups excluding carboxylic acids is 1. The highest BCUT2D eigenvalue weighted by atomic mass is 16.5. The van der Waals surface area contributed by atoms with Crippen molar-refractivity contribution in [3.8, 4) is 0 Å². The van der Waals surface area contributed by atoms with Crippen LogP contribution in [-0.4, -0.2) is 65.7 Å². The molecule has 1 aromatic carbocycles. The van der Waals surface area contributed by atoms with Gasteiger partial charge in [-0.2, -0.15) is 0 Å². The zero-order chi connectivity index (χ0) is 16.9. The number of esters is 1. The molecule has 0 aliphatic carbocycles. The lowest BCUT2D eigenvalue weighted by Gasteiger charge is -2.36. The standard InChI is InChI=1S/C17H23N5O2/c1-14-16(17(23)24-2)18-19-22(14)13-10-20-8-11-21(12-9-20)15-6-4-3-5-7-15/h3-7H,8-13H2,1-2H3. The predicted molar refractivity (Wildman–Crippen MR) is 91.2 cm³/mol. The molecule has 0 spiro atoms. The fraction of sp³-hybridized carbons (Fsp3) is 0.471. The number of hydrogen-bond acceptors (Lipinski definition) is 6. The van der Waals surface area contributed by atoms with E-state index in [0.29, 0.717) is 5.69 Å². The van der Waals surface area contributed by atoms with Crippen LogP contribution in [0.2, 0.25) is 0 Å². The summed E-state index contributed by atoms with van der Waals surface area (Å²) in [7, 11) is 1.35. The SMILES string of the molecule is COC(=O)c1nnn(CCN2CCN(c3ccccc3)CC2)c1C. The lowest BCUT2D eigenvalue weighted by atomic mass is 10.2. The van der Waals surface area contributed by atoms with Crippen LogP contribution in [0.4, 0.5) is 5.69 Å². The molecule has 3 rings (SSSR count). The van der Waals surface area contributed by atoms with Gasteiger partial charge in [0.2, 0.25) is 0 Å². The van der Waals surface area contributed by atoms with E-state index in [9.17, 15) is 4.79 Å². The maximum Gasteiger partial charge on any atom is 0.360 e. The first-order valence-corrected chi connectivity index (χ1v) is 8.20. The van der Waals surface area contributed by atoms with E-state index in [0.717, 1.165) is 45.0 Å². The van der Waals surface area contributed by atoms with Gasteiger partial charge in [-0.1, -0.05) is 23.4 Å². The van der Waals surface area contributed by atoms with Crippen molar-refractivity contribution in [2.24, 2.45) is 0 Å². The zero-order valence-electron chi connectivity index (χ0n) is 14.2. The number of hydrogen-bond donors (Lipinski definition) is 0. The van der Waals surface area contributed by atoms with Gasteiger partial charge in [-0.05, 0) is 19.1 Å². The molecule has 1 aromatic heterocycles. The second-order valence-corrected chi connectivity index (χ2v) is 5.90. The molecule has 0 unspecified atom stereocenters. The highest BCUT2D eigenvalue weighted by Crippen LogP contribution is 2.15. The van der Waals surface area contributed by atoms with E-state index >= 15 is 0 Å². The van der Waals surface area contributed by atoms with Crippen molar-refractivity contribution < 1.29 is 9.53 Å². The van der Waals surface area contributed by atoms with Crippen LogP contribution in [0, 0.1) is 6.92 Å². The molecule has 2 heterocycles. The van der Waals surface area contributed by atoms with Gasteiger partial charge in [0, 0.05) is 38.4 Å². The zero-order valence-corrected chi connectivity index (χ0v) is 14.2. The number of piperazine rings is 1. The third-order valence-corrected chi connectivity index (χ3v) is 4.48. The molecule has 128 valence electrons. The van der Waals surface area contributed by atoms with Crippen LogP contribution in [-0.2, 0) is 11.3 Å². The minimum Gasteiger partial charge on any atom is -0.464 e. The molecule has 1 aliphatic rings. The van der Waals surface area contributed by atoms with E-state index < -0.39 is 5.97 Å². The molecule has 0 amide bonds. The first-order valence-electron chi connectivity index (χ1n) is 8.20. The number of anilines is 1. The van der Waals surface area contributed by atoms with Crippen LogP contribution >= 0.6 is 0 Å². The van der Waals surface area contributed by atoms with Crippen LogP contribution in [0.15, 0.2) is 30.3 Å². The van der Waals surface area contributed by atoms with Crippen molar-refractivity contribution in [2.45, 2.75) is 13.5 Å². The number of carbonyl (C=O) groups is 1. The molecule has 24 heavy (non-hydrogen) atoms. The van der Waals surface area contributed by atoms with Gasteiger partial charge >= 0.3 is 5.97 Å². The summed E-state index contributed by atoms with van der Waals surface area (Å²) < 4.78 is 6.48. The Balaban J connectivity index is 1.51. The molecule has 0 bridgehead atoms. The lowest BCUT2D eigenvalue weighted by Crippen LogP contribution is -2.47. The van der Waals surface area contributed by atoms with Crippen molar-refractivity contribution in [1.82, 2.24) is 19.9 Å². The Bertz CT molecular complexity index is 678. The Hall–Kier alpha value is -2.41. The largest absolute Gasteiger partial charge is 0.464 e. The third kappa shape index (κ3) is 3.56. The maximum atomic E-state index is 11.6. The first-order chi connectivity index (χ1) is 11.7. The summed E-state index contributed by atoms with van der Waals surface area (Å²) in [6.45, 7) is 7.55. The summed E-state index contributed by atoms with van der Waals surface area (Å²) in [6, 6.07) is 10.5. The van der Waals surface area contributed by atoms with Gasteiger partial charge in [-0.3, -0.25) is 4.90 Å². The fourth-order valence-electron chi connectivity index (χ4n) is 2.96. The van der Waals surface area contributed by atoms with Crippen LogP contribution in [0.5, 0.6) is 0 Å². The molecular weight excluding hydrogens is 306 g/mol. The van der Waals surface area contributed by atoms with Crippen LogP contribution in [0.3, 0.4) is 0 Å². The molecule has 7 nitrogen and oxygen atoms in total. The summed E-state index contributed by atoms with van der Waals surface area (Å²) in [5.74, 6) is -0.435.